The highest BCUT2D eigenvalue weighted by Crippen LogP contribution is 2.57. The molecule has 0 amide bonds. The Bertz CT molecular complexity index is 965. The Morgan fingerprint density at radius 3 is 1.25 bits per heavy atom. The summed E-state index contributed by atoms with van der Waals surface area (Å²) in [6.45, 7) is 0. The van der Waals surface area contributed by atoms with E-state index < -0.39 is 6.16 Å². The van der Waals surface area contributed by atoms with E-state index in [0.29, 0.717) is 31.7 Å². The minimum absolute atomic E-state index is 0.0322. The average Bonchev–Trinajstić information content (AvgIpc) is 3.49. The van der Waals surface area contributed by atoms with Crippen molar-refractivity contribution in [1.82, 2.24) is 9.46 Å². The summed E-state index contributed by atoms with van der Waals surface area (Å²) in [7, 11) is 0. The predicted octanol–water partition coefficient (Wildman–Crippen LogP) is 2.07. The zero-order valence-corrected chi connectivity index (χ0v) is 14.4. The van der Waals surface area contributed by atoms with Gasteiger partial charge in [-0.2, -0.15) is 4.79 Å². The third-order valence-electron chi connectivity index (χ3n) is 6.30. The lowest BCUT2D eigenvalue weighted by molar-refractivity contribution is 0.0195. The highest BCUT2D eigenvalue weighted by molar-refractivity contribution is 5.65. The topological polar surface area (TPSA) is 126 Å². The maximum atomic E-state index is 12.2. The van der Waals surface area contributed by atoms with Crippen molar-refractivity contribution in [2.24, 2.45) is 0 Å². The van der Waals surface area contributed by atoms with Crippen molar-refractivity contribution >= 4 is 6.16 Å². The molecule has 0 aromatic carbocycles. The maximum Gasteiger partial charge on any atom is 0.560 e. The number of rotatable bonds is 2. The predicted molar refractivity (Wildman–Crippen MR) is 92.6 cm³/mol. The van der Waals surface area contributed by atoms with E-state index in [1.54, 1.807) is 0 Å². The number of hydrogen-bond acceptors (Lipinski definition) is 7. The van der Waals surface area contributed by atoms with Crippen LogP contribution in [-0.2, 0) is 0 Å². The molecule has 144 valence electrons. The summed E-state index contributed by atoms with van der Waals surface area (Å²) in [5.41, 5.74) is 2.13. The van der Waals surface area contributed by atoms with Crippen LogP contribution in [0.1, 0.15) is 58.8 Å². The number of carbonyl (C=O) groups excluding carboxylic acids is 1. The fraction of sp³-hybridized carbons (Fsp3) is 0.316. The van der Waals surface area contributed by atoms with Gasteiger partial charge in [-0.05, 0) is 12.8 Å². The van der Waals surface area contributed by atoms with Gasteiger partial charge in [0.1, 0.15) is 0 Å². The molecule has 4 atom stereocenters. The summed E-state index contributed by atoms with van der Waals surface area (Å²) in [6.07, 6.45) is 7.96. The first kappa shape index (κ1) is 15.6. The molecule has 2 aromatic heterocycles. The first-order valence-electron chi connectivity index (χ1n) is 9.05. The average molecular weight is 384 g/mol. The molecule has 0 fully saturated rings. The van der Waals surface area contributed by atoms with E-state index in [1.165, 1.54) is 0 Å². The fourth-order valence-electron chi connectivity index (χ4n) is 5.18. The van der Waals surface area contributed by atoms with Crippen LogP contribution in [0.25, 0.3) is 0 Å². The van der Waals surface area contributed by atoms with E-state index in [2.05, 4.69) is 0 Å². The number of nitrogens with zero attached hydrogens (tertiary/aromatic N) is 2. The second kappa shape index (κ2) is 4.86. The SMILES string of the molecule is O=C(On1c(O)c2c(c1O)C1C=CC2C1)On1c(O)c2c(c1O)C1C=CC2C1. The molecule has 2 aromatic rings. The molecule has 0 aliphatic heterocycles. The van der Waals surface area contributed by atoms with Crippen molar-refractivity contribution in [2.45, 2.75) is 36.5 Å². The van der Waals surface area contributed by atoms with Crippen molar-refractivity contribution in [1.29, 1.82) is 0 Å². The van der Waals surface area contributed by atoms with Crippen molar-refractivity contribution < 1.29 is 34.9 Å². The quantitative estimate of drug-likeness (QED) is 0.584. The van der Waals surface area contributed by atoms with Crippen molar-refractivity contribution in [3.8, 4) is 23.5 Å². The van der Waals surface area contributed by atoms with E-state index in [1.807, 2.05) is 24.3 Å². The number of aromatic nitrogens is 2. The molecule has 4 aliphatic rings. The first-order valence-corrected chi connectivity index (χ1v) is 9.05. The number of carbonyl (C=O) groups is 1. The van der Waals surface area contributed by atoms with Gasteiger partial charge >= 0.3 is 6.16 Å². The van der Waals surface area contributed by atoms with Gasteiger partial charge in [-0.3, -0.25) is 9.68 Å². The zero-order valence-electron chi connectivity index (χ0n) is 14.4. The van der Waals surface area contributed by atoms with Crippen LogP contribution >= 0.6 is 0 Å². The Kier molecular flexibility index (Phi) is 2.70. The molecule has 0 radical (unpaired) electrons. The van der Waals surface area contributed by atoms with Crippen LogP contribution in [0.4, 0.5) is 4.79 Å². The van der Waals surface area contributed by atoms with Crippen LogP contribution in [0.5, 0.6) is 23.5 Å². The minimum Gasteiger partial charge on any atom is -0.492 e. The van der Waals surface area contributed by atoms with E-state index in [-0.39, 0.29) is 47.2 Å². The van der Waals surface area contributed by atoms with Gasteiger partial charge in [0.25, 0.3) is 0 Å². The fourth-order valence-corrected chi connectivity index (χ4v) is 5.18. The molecule has 4 N–H and O–H groups in total. The van der Waals surface area contributed by atoms with Crippen LogP contribution in [0, 0.1) is 0 Å². The van der Waals surface area contributed by atoms with Crippen LogP contribution in [-0.4, -0.2) is 36.0 Å². The lowest BCUT2D eigenvalue weighted by atomic mass is 10.0. The van der Waals surface area contributed by atoms with Gasteiger partial charge in [0.15, 0.2) is 0 Å². The highest BCUT2D eigenvalue weighted by Gasteiger charge is 2.44. The van der Waals surface area contributed by atoms with E-state index in [0.717, 1.165) is 12.8 Å². The molecule has 4 bridgehead atoms. The lowest BCUT2D eigenvalue weighted by Crippen LogP contribution is -2.28. The van der Waals surface area contributed by atoms with Crippen LogP contribution in [0.2, 0.25) is 0 Å². The molecule has 0 spiro atoms. The van der Waals surface area contributed by atoms with Gasteiger partial charge in [-0.15, -0.1) is 9.46 Å². The van der Waals surface area contributed by atoms with Gasteiger partial charge in [-0.1, -0.05) is 24.3 Å². The molecule has 6 rings (SSSR count). The molecule has 9 heteroatoms. The summed E-state index contributed by atoms with van der Waals surface area (Å²) < 4.78 is 1.21. The Labute approximate surface area is 157 Å². The number of aromatic hydroxyl groups is 4. The summed E-state index contributed by atoms with van der Waals surface area (Å²) in [6, 6.07) is 0. The van der Waals surface area contributed by atoms with Crippen LogP contribution in [0.15, 0.2) is 24.3 Å². The van der Waals surface area contributed by atoms with Crippen molar-refractivity contribution in [2.75, 3.05) is 0 Å². The Morgan fingerprint density at radius 1 is 0.679 bits per heavy atom. The molecule has 2 heterocycles. The Morgan fingerprint density at radius 2 is 0.964 bits per heavy atom. The molecule has 4 aliphatic carbocycles. The molecular formula is C19H16N2O7. The largest absolute Gasteiger partial charge is 0.560 e. The zero-order chi connectivity index (χ0) is 19.3. The molecular weight excluding hydrogens is 368 g/mol. The minimum atomic E-state index is -1.33. The second-order valence-electron chi connectivity index (χ2n) is 7.64. The Hall–Kier alpha value is -3.49. The summed E-state index contributed by atoms with van der Waals surface area (Å²) in [5, 5.41) is 41.5. The van der Waals surface area contributed by atoms with Crippen LogP contribution in [0.3, 0.4) is 0 Å². The molecule has 28 heavy (non-hydrogen) atoms. The smallest absolute Gasteiger partial charge is 0.492 e. The van der Waals surface area contributed by atoms with E-state index in [9.17, 15) is 25.2 Å². The second-order valence-corrected chi connectivity index (χ2v) is 7.64. The third kappa shape index (κ3) is 1.69. The van der Waals surface area contributed by atoms with E-state index in [4.69, 9.17) is 9.68 Å². The van der Waals surface area contributed by atoms with Gasteiger partial charge in [0.2, 0.25) is 23.5 Å². The molecule has 9 nitrogen and oxygen atoms in total. The van der Waals surface area contributed by atoms with E-state index >= 15 is 0 Å². The number of fused-ring (bicyclic) bond motifs is 10. The number of allylic oxidation sites excluding steroid dienone is 4. The summed E-state index contributed by atoms with van der Waals surface area (Å²) in [4.78, 5) is 22.1. The summed E-state index contributed by atoms with van der Waals surface area (Å²) >= 11 is 0. The lowest BCUT2D eigenvalue weighted by Gasteiger charge is -2.11. The van der Waals surface area contributed by atoms with Gasteiger partial charge in [0.05, 0.1) is 0 Å². The first-order chi connectivity index (χ1) is 13.5. The summed E-state index contributed by atoms with van der Waals surface area (Å²) in [5.74, 6) is -1.60. The highest BCUT2D eigenvalue weighted by atomic mass is 16.9. The molecule has 4 unspecified atom stereocenters. The number of hydrogen-bond donors (Lipinski definition) is 4. The maximum absolute atomic E-state index is 12.2. The molecule has 0 saturated carbocycles. The Balaban J connectivity index is 1.29. The van der Waals surface area contributed by atoms with Gasteiger partial charge in [-0.25, -0.2) is 0 Å². The van der Waals surface area contributed by atoms with Gasteiger partial charge in [0, 0.05) is 45.9 Å². The van der Waals surface area contributed by atoms with Crippen LogP contribution < -0.4 is 9.68 Å². The third-order valence-corrected chi connectivity index (χ3v) is 6.30. The van der Waals surface area contributed by atoms with Crippen molar-refractivity contribution in [3.63, 3.8) is 0 Å². The molecule has 0 saturated heterocycles. The van der Waals surface area contributed by atoms with Crippen molar-refractivity contribution in [3.05, 3.63) is 46.6 Å². The van der Waals surface area contributed by atoms with Gasteiger partial charge < -0.3 is 20.4 Å². The monoisotopic (exact) mass is 384 g/mol. The normalized spacial score (nSPS) is 27.4. The standard InChI is InChI=1S/C19H16N2O7/c22-15-11-7-1-2-8(5-7)12(11)16(23)20(15)27-19(26)28-21-17(24)13-9-3-4-10(6-9)14(13)18(21)25/h1-4,7-10,22-25H,5-6H2.